The van der Waals surface area contributed by atoms with Gasteiger partial charge in [0.1, 0.15) is 17.0 Å². The third kappa shape index (κ3) is 3.21. The van der Waals surface area contributed by atoms with Crippen LogP contribution >= 0.6 is 11.3 Å². The lowest BCUT2D eigenvalue weighted by atomic mass is 10.2. The summed E-state index contributed by atoms with van der Waals surface area (Å²) >= 11 is 1.56. The molecule has 2 heterocycles. The van der Waals surface area contributed by atoms with Crippen LogP contribution in [0.25, 0.3) is 0 Å². The van der Waals surface area contributed by atoms with Crippen molar-refractivity contribution in [1.82, 2.24) is 10.3 Å². The summed E-state index contributed by atoms with van der Waals surface area (Å²) in [6.07, 6.45) is 2.22. The summed E-state index contributed by atoms with van der Waals surface area (Å²) < 4.78 is 5.16. The molecule has 5 nitrogen and oxygen atoms in total. The fourth-order valence-corrected chi connectivity index (χ4v) is 2.65. The third-order valence-electron chi connectivity index (χ3n) is 2.77. The minimum Gasteiger partial charge on any atom is -0.467 e. The fourth-order valence-electron chi connectivity index (χ4n) is 1.72. The number of carbonyl (C=O) groups excluding carboxylic acids is 1. The minimum atomic E-state index is -0.164. The van der Waals surface area contributed by atoms with Crippen molar-refractivity contribution in [1.29, 1.82) is 0 Å². The summed E-state index contributed by atoms with van der Waals surface area (Å²) in [6.45, 7) is 4.25. The van der Waals surface area contributed by atoms with E-state index >= 15 is 0 Å². The average Bonchev–Trinajstić information content (AvgIpc) is 3.04. The van der Waals surface area contributed by atoms with Gasteiger partial charge in [0.15, 0.2) is 0 Å². The standard InChI is InChI=1S/C13H17N3O2S/c1-3-11(13-15-8(2)7-19-13)16-12(17)9-4-10(5-14)18-6-9/h4,6-7,11H,3,5,14H2,1-2H3,(H,16,17). The number of hydrogen-bond acceptors (Lipinski definition) is 5. The summed E-state index contributed by atoms with van der Waals surface area (Å²) in [6, 6.07) is 1.59. The van der Waals surface area contributed by atoms with Crippen LogP contribution in [-0.2, 0) is 6.54 Å². The number of rotatable bonds is 5. The second-order valence-electron chi connectivity index (χ2n) is 4.27. The van der Waals surface area contributed by atoms with Gasteiger partial charge in [-0.25, -0.2) is 4.98 Å². The second kappa shape index (κ2) is 5.99. The van der Waals surface area contributed by atoms with Gasteiger partial charge in [0.2, 0.25) is 0 Å². The van der Waals surface area contributed by atoms with Crippen LogP contribution < -0.4 is 11.1 Å². The molecular formula is C13H17N3O2S. The summed E-state index contributed by atoms with van der Waals surface area (Å²) in [5.41, 5.74) is 6.92. The number of aromatic nitrogens is 1. The molecule has 0 aliphatic carbocycles. The quantitative estimate of drug-likeness (QED) is 0.880. The van der Waals surface area contributed by atoms with E-state index in [1.54, 1.807) is 17.4 Å². The Balaban J connectivity index is 2.08. The van der Waals surface area contributed by atoms with Crippen molar-refractivity contribution in [3.8, 4) is 0 Å². The van der Waals surface area contributed by atoms with Crippen LogP contribution in [0.15, 0.2) is 22.1 Å². The largest absolute Gasteiger partial charge is 0.467 e. The van der Waals surface area contributed by atoms with Crippen molar-refractivity contribution in [2.24, 2.45) is 5.73 Å². The van der Waals surface area contributed by atoms with Gasteiger partial charge in [-0.1, -0.05) is 6.92 Å². The summed E-state index contributed by atoms with van der Waals surface area (Å²) in [5, 5.41) is 5.87. The Hall–Kier alpha value is -1.66. The second-order valence-corrected chi connectivity index (χ2v) is 5.16. The molecule has 0 bridgehead atoms. The summed E-state index contributed by atoms with van der Waals surface area (Å²) in [4.78, 5) is 16.5. The highest BCUT2D eigenvalue weighted by molar-refractivity contribution is 7.09. The Bertz CT molecular complexity index is 562. The number of amides is 1. The first-order chi connectivity index (χ1) is 9.13. The molecule has 1 atom stereocenters. The number of nitrogens with one attached hydrogen (secondary N) is 1. The van der Waals surface area contributed by atoms with E-state index in [0.29, 0.717) is 11.3 Å². The Labute approximate surface area is 115 Å². The van der Waals surface area contributed by atoms with Crippen molar-refractivity contribution in [2.75, 3.05) is 0 Å². The number of furan rings is 1. The van der Waals surface area contributed by atoms with Gasteiger partial charge in [-0.05, 0) is 19.4 Å². The van der Waals surface area contributed by atoms with E-state index in [9.17, 15) is 4.79 Å². The zero-order valence-electron chi connectivity index (χ0n) is 11.0. The molecular weight excluding hydrogens is 262 g/mol. The fraction of sp³-hybridized carbons (Fsp3) is 0.385. The van der Waals surface area contributed by atoms with E-state index in [1.165, 1.54) is 6.26 Å². The topological polar surface area (TPSA) is 81.2 Å². The van der Waals surface area contributed by atoms with Crippen LogP contribution in [0.5, 0.6) is 0 Å². The molecule has 0 saturated carbocycles. The lowest BCUT2D eigenvalue weighted by molar-refractivity contribution is 0.0935. The van der Waals surface area contributed by atoms with Crippen LogP contribution in [0.1, 0.15) is 46.2 Å². The lowest BCUT2D eigenvalue weighted by Crippen LogP contribution is -2.27. The summed E-state index contributed by atoms with van der Waals surface area (Å²) in [5.74, 6) is 0.437. The molecule has 6 heteroatoms. The first kappa shape index (κ1) is 13.8. The number of nitrogens with two attached hydrogens (primary N) is 1. The molecule has 2 aromatic rings. The van der Waals surface area contributed by atoms with Crippen LogP contribution in [0.2, 0.25) is 0 Å². The van der Waals surface area contributed by atoms with Crippen LogP contribution in [-0.4, -0.2) is 10.9 Å². The lowest BCUT2D eigenvalue weighted by Gasteiger charge is -2.13. The van der Waals surface area contributed by atoms with Gasteiger partial charge in [0, 0.05) is 11.1 Å². The van der Waals surface area contributed by atoms with Crippen molar-refractivity contribution >= 4 is 17.2 Å². The highest BCUT2D eigenvalue weighted by Gasteiger charge is 2.18. The Kier molecular flexibility index (Phi) is 4.34. The molecule has 0 spiro atoms. The van der Waals surface area contributed by atoms with Gasteiger partial charge in [-0.3, -0.25) is 4.79 Å². The van der Waals surface area contributed by atoms with E-state index < -0.39 is 0 Å². The molecule has 0 aliphatic rings. The van der Waals surface area contributed by atoms with Crippen LogP contribution in [0, 0.1) is 6.92 Å². The predicted octanol–water partition coefficient (Wildman–Crippen LogP) is 2.38. The first-order valence-electron chi connectivity index (χ1n) is 6.14. The number of hydrogen-bond donors (Lipinski definition) is 2. The average molecular weight is 279 g/mol. The van der Waals surface area contributed by atoms with Crippen molar-refractivity contribution < 1.29 is 9.21 Å². The van der Waals surface area contributed by atoms with E-state index in [2.05, 4.69) is 10.3 Å². The smallest absolute Gasteiger partial charge is 0.255 e. The molecule has 1 amide bonds. The molecule has 0 aromatic carbocycles. The maximum absolute atomic E-state index is 12.1. The SMILES string of the molecule is CCC(NC(=O)c1coc(CN)c1)c1nc(C)cs1. The van der Waals surface area contributed by atoms with Crippen molar-refractivity contribution in [3.63, 3.8) is 0 Å². The van der Waals surface area contributed by atoms with E-state index in [0.717, 1.165) is 17.1 Å². The number of carbonyl (C=O) groups is 1. The van der Waals surface area contributed by atoms with Gasteiger partial charge >= 0.3 is 0 Å². The highest BCUT2D eigenvalue weighted by atomic mass is 32.1. The van der Waals surface area contributed by atoms with Crippen molar-refractivity contribution in [3.05, 3.63) is 39.7 Å². The zero-order chi connectivity index (χ0) is 13.8. The Morgan fingerprint density at radius 1 is 1.63 bits per heavy atom. The predicted molar refractivity (Wildman–Crippen MR) is 73.9 cm³/mol. The monoisotopic (exact) mass is 279 g/mol. The van der Waals surface area contributed by atoms with Gasteiger partial charge in [0.05, 0.1) is 18.2 Å². The van der Waals surface area contributed by atoms with Crippen LogP contribution in [0.3, 0.4) is 0 Å². The highest BCUT2D eigenvalue weighted by Crippen LogP contribution is 2.21. The van der Waals surface area contributed by atoms with E-state index in [1.807, 2.05) is 19.2 Å². The molecule has 0 saturated heterocycles. The molecule has 3 N–H and O–H groups in total. The van der Waals surface area contributed by atoms with Gasteiger partial charge in [0.25, 0.3) is 5.91 Å². The first-order valence-corrected chi connectivity index (χ1v) is 7.02. The third-order valence-corrected chi connectivity index (χ3v) is 3.84. The zero-order valence-corrected chi connectivity index (χ0v) is 11.8. The minimum absolute atomic E-state index is 0.0672. The number of aryl methyl sites for hydroxylation is 1. The molecule has 102 valence electrons. The maximum atomic E-state index is 12.1. The molecule has 2 aromatic heterocycles. The van der Waals surface area contributed by atoms with Crippen molar-refractivity contribution in [2.45, 2.75) is 32.9 Å². The Morgan fingerprint density at radius 3 is 2.95 bits per heavy atom. The molecule has 1 unspecified atom stereocenters. The number of thiazole rings is 1. The molecule has 0 radical (unpaired) electrons. The van der Waals surface area contributed by atoms with E-state index in [4.69, 9.17) is 10.2 Å². The normalized spacial score (nSPS) is 12.4. The molecule has 0 fully saturated rings. The van der Waals surface area contributed by atoms with Gasteiger partial charge < -0.3 is 15.5 Å². The van der Waals surface area contributed by atoms with Gasteiger partial charge in [-0.15, -0.1) is 11.3 Å². The summed E-state index contributed by atoms with van der Waals surface area (Å²) in [7, 11) is 0. The number of nitrogens with zero attached hydrogens (tertiary/aromatic N) is 1. The van der Waals surface area contributed by atoms with Crippen LogP contribution in [0.4, 0.5) is 0 Å². The maximum Gasteiger partial charge on any atom is 0.255 e. The molecule has 0 aliphatic heterocycles. The Morgan fingerprint density at radius 2 is 2.42 bits per heavy atom. The molecule has 19 heavy (non-hydrogen) atoms. The van der Waals surface area contributed by atoms with Gasteiger partial charge in [-0.2, -0.15) is 0 Å². The molecule has 2 rings (SSSR count). The van der Waals surface area contributed by atoms with E-state index in [-0.39, 0.29) is 18.5 Å².